The quantitative estimate of drug-likeness (QED) is 0.789. The van der Waals surface area contributed by atoms with Crippen molar-refractivity contribution in [1.82, 2.24) is 0 Å². The van der Waals surface area contributed by atoms with Gasteiger partial charge in [0.15, 0.2) is 0 Å². The van der Waals surface area contributed by atoms with Crippen LogP contribution in [0.4, 0.5) is 5.69 Å². The van der Waals surface area contributed by atoms with Crippen LogP contribution in [0.15, 0.2) is 24.3 Å². The molecule has 0 bridgehead atoms. The Morgan fingerprint density at radius 2 is 1.94 bits per heavy atom. The van der Waals surface area contributed by atoms with Gasteiger partial charge < -0.3 is 10.4 Å². The van der Waals surface area contributed by atoms with E-state index in [1.165, 1.54) is 5.56 Å². The van der Waals surface area contributed by atoms with Crippen LogP contribution in [0, 0.1) is 12.8 Å². The van der Waals surface area contributed by atoms with Gasteiger partial charge >= 0.3 is 0 Å². The molecule has 0 aliphatic rings. The number of aryl methyl sites for hydroxylation is 1. The predicted octanol–water partition coefficient (Wildman–Crippen LogP) is 3.59. The van der Waals surface area contributed by atoms with Crippen molar-refractivity contribution in [1.29, 1.82) is 0 Å². The molecule has 0 fully saturated rings. The molecule has 17 heavy (non-hydrogen) atoms. The molecule has 0 amide bonds. The van der Waals surface area contributed by atoms with Crippen molar-refractivity contribution >= 4 is 5.69 Å². The van der Waals surface area contributed by atoms with E-state index in [4.69, 9.17) is 0 Å². The van der Waals surface area contributed by atoms with Crippen LogP contribution in [0.5, 0.6) is 0 Å². The van der Waals surface area contributed by atoms with Crippen LogP contribution in [-0.2, 0) is 0 Å². The molecule has 0 saturated carbocycles. The fourth-order valence-corrected chi connectivity index (χ4v) is 1.83. The number of hydrogen-bond acceptors (Lipinski definition) is 2. The van der Waals surface area contributed by atoms with Gasteiger partial charge in [-0.2, -0.15) is 0 Å². The molecule has 0 aliphatic heterocycles. The summed E-state index contributed by atoms with van der Waals surface area (Å²) >= 11 is 0. The van der Waals surface area contributed by atoms with Crippen LogP contribution in [0.2, 0.25) is 0 Å². The van der Waals surface area contributed by atoms with E-state index < -0.39 is 0 Å². The lowest BCUT2D eigenvalue weighted by Crippen LogP contribution is -2.39. The summed E-state index contributed by atoms with van der Waals surface area (Å²) in [6.07, 6.45) is 2.10. The number of rotatable bonds is 6. The highest BCUT2D eigenvalue weighted by Gasteiger charge is 2.23. The van der Waals surface area contributed by atoms with Gasteiger partial charge in [0.25, 0.3) is 0 Å². The van der Waals surface area contributed by atoms with E-state index in [-0.39, 0.29) is 12.1 Å². The van der Waals surface area contributed by atoms with E-state index in [9.17, 15) is 5.11 Å². The third-order valence-electron chi connectivity index (χ3n) is 3.20. The summed E-state index contributed by atoms with van der Waals surface area (Å²) in [5, 5.41) is 13.1. The first-order valence-electron chi connectivity index (χ1n) is 6.41. The topological polar surface area (TPSA) is 32.3 Å². The molecule has 0 aromatic heterocycles. The van der Waals surface area contributed by atoms with Gasteiger partial charge in [0.05, 0.1) is 12.1 Å². The molecule has 1 unspecified atom stereocenters. The molecule has 1 atom stereocenters. The van der Waals surface area contributed by atoms with Crippen molar-refractivity contribution in [3.8, 4) is 0 Å². The summed E-state index contributed by atoms with van der Waals surface area (Å²) in [5.74, 6) is 0.666. The average molecular weight is 235 g/mol. The smallest absolute Gasteiger partial charge is 0.0658 e. The summed E-state index contributed by atoms with van der Waals surface area (Å²) in [7, 11) is 0. The highest BCUT2D eigenvalue weighted by atomic mass is 16.3. The third-order valence-corrected chi connectivity index (χ3v) is 3.20. The fraction of sp³-hybridized carbons (Fsp3) is 0.600. The van der Waals surface area contributed by atoms with Crippen molar-refractivity contribution in [3.05, 3.63) is 29.8 Å². The van der Waals surface area contributed by atoms with Gasteiger partial charge in [-0.15, -0.1) is 0 Å². The first-order valence-corrected chi connectivity index (χ1v) is 6.41. The Labute approximate surface area is 105 Å². The minimum Gasteiger partial charge on any atom is -0.394 e. The number of aliphatic hydroxyl groups excluding tert-OH is 1. The average Bonchev–Trinajstić information content (AvgIpc) is 2.30. The number of para-hydroxylation sites is 1. The van der Waals surface area contributed by atoms with Gasteiger partial charge in [-0.25, -0.2) is 0 Å². The Balaban J connectivity index is 2.71. The minimum absolute atomic E-state index is 0.161. The van der Waals surface area contributed by atoms with Crippen LogP contribution in [0.1, 0.15) is 39.2 Å². The van der Waals surface area contributed by atoms with Crippen molar-refractivity contribution in [2.45, 2.75) is 46.1 Å². The standard InChI is InChI=1S/C15H25NO/c1-12(2)9-10-15(4,11-17)16-14-8-6-5-7-13(14)3/h5-8,12,16-17H,9-11H2,1-4H3. The molecule has 0 heterocycles. The van der Waals surface area contributed by atoms with Crippen molar-refractivity contribution in [3.63, 3.8) is 0 Å². The zero-order chi connectivity index (χ0) is 12.9. The second-order valence-corrected chi connectivity index (χ2v) is 5.59. The highest BCUT2D eigenvalue weighted by molar-refractivity contribution is 5.52. The van der Waals surface area contributed by atoms with E-state index >= 15 is 0 Å². The van der Waals surface area contributed by atoms with Gasteiger partial charge in [-0.3, -0.25) is 0 Å². The summed E-state index contributed by atoms with van der Waals surface area (Å²) in [6.45, 7) is 8.76. The third kappa shape index (κ3) is 4.39. The molecule has 0 saturated heterocycles. The minimum atomic E-state index is -0.226. The van der Waals surface area contributed by atoms with Gasteiger partial charge in [-0.05, 0) is 44.2 Å². The van der Waals surface area contributed by atoms with Crippen LogP contribution in [0.3, 0.4) is 0 Å². The van der Waals surface area contributed by atoms with Crippen molar-refractivity contribution in [2.24, 2.45) is 5.92 Å². The molecule has 2 heteroatoms. The number of anilines is 1. The van der Waals surface area contributed by atoms with Gasteiger partial charge in [0.1, 0.15) is 0 Å². The van der Waals surface area contributed by atoms with Crippen LogP contribution in [0.25, 0.3) is 0 Å². The maximum atomic E-state index is 9.59. The lowest BCUT2D eigenvalue weighted by Gasteiger charge is -2.31. The van der Waals surface area contributed by atoms with Gasteiger partial charge in [0, 0.05) is 5.69 Å². The highest BCUT2D eigenvalue weighted by Crippen LogP contribution is 2.24. The molecule has 96 valence electrons. The second kappa shape index (κ2) is 6.06. The Hall–Kier alpha value is -1.02. The number of aliphatic hydroxyl groups is 1. The Bertz CT molecular complexity index is 349. The molecule has 2 N–H and O–H groups in total. The fourth-order valence-electron chi connectivity index (χ4n) is 1.83. The monoisotopic (exact) mass is 235 g/mol. The second-order valence-electron chi connectivity index (χ2n) is 5.59. The van der Waals surface area contributed by atoms with Crippen molar-refractivity contribution in [2.75, 3.05) is 11.9 Å². The maximum Gasteiger partial charge on any atom is 0.0658 e. The molecule has 1 aromatic carbocycles. The molecular weight excluding hydrogens is 210 g/mol. The van der Waals surface area contributed by atoms with E-state index in [1.54, 1.807) is 0 Å². The molecule has 0 spiro atoms. The molecule has 1 rings (SSSR count). The maximum absolute atomic E-state index is 9.59. The van der Waals surface area contributed by atoms with E-state index in [1.807, 2.05) is 12.1 Å². The van der Waals surface area contributed by atoms with E-state index in [0.29, 0.717) is 5.92 Å². The summed E-state index contributed by atoms with van der Waals surface area (Å²) in [5.41, 5.74) is 2.11. The van der Waals surface area contributed by atoms with Crippen molar-refractivity contribution < 1.29 is 5.11 Å². The Morgan fingerprint density at radius 3 is 2.47 bits per heavy atom. The zero-order valence-corrected chi connectivity index (χ0v) is 11.5. The Kier molecular flexibility index (Phi) is 5.01. The lowest BCUT2D eigenvalue weighted by atomic mass is 9.92. The molecular formula is C15H25NO. The molecule has 0 aliphatic carbocycles. The largest absolute Gasteiger partial charge is 0.394 e. The molecule has 0 radical (unpaired) electrons. The Morgan fingerprint density at radius 1 is 1.29 bits per heavy atom. The van der Waals surface area contributed by atoms with Crippen LogP contribution in [-0.4, -0.2) is 17.3 Å². The number of nitrogens with one attached hydrogen (secondary N) is 1. The molecule has 2 nitrogen and oxygen atoms in total. The van der Waals surface area contributed by atoms with Crippen LogP contribution < -0.4 is 5.32 Å². The lowest BCUT2D eigenvalue weighted by molar-refractivity contribution is 0.208. The summed E-state index contributed by atoms with van der Waals surface area (Å²) in [4.78, 5) is 0. The zero-order valence-electron chi connectivity index (χ0n) is 11.5. The summed E-state index contributed by atoms with van der Waals surface area (Å²) in [6, 6.07) is 8.21. The molecule has 1 aromatic rings. The first kappa shape index (κ1) is 14.0. The number of benzene rings is 1. The summed E-state index contributed by atoms with van der Waals surface area (Å²) < 4.78 is 0. The first-order chi connectivity index (χ1) is 7.97. The normalized spacial score (nSPS) is 14.7. The van der Waals surface area contributed by atoms with E-state index in [2.05, 4.69) is 45.1 Å². The van der Waals surface area contributed by atoms with Gasteiger partial charge in [0.2, 0.25) is 0 Å². The van der Waals surface area contributed by atoms with Crippen LogP contribution >= 0.6 is 0 Å². The van der Waals surface area contributed by atoms with E-state index in [0.717, 1.165) is 18.5 Å². The van der Waals surface area contributed by atoms with Gasteiger partial charge in [-0.1, -0.05) is 32.0 Å². The predicted molar refractivity (Wildman–Crippen MR) is 74.4 cm³/mol. The number of hydrogen-bond donors (Lipinski definition) is 2. The SMILES string of the molecule is Cc1ccccc1NC(C)(CO)CCC(C)C.